The third kappa shape index (κ3) is 7.34. The minimum Gasteiger partial charge on any atom is -0.497 e. The van der Waals surface area contributed by atoms with Crippen LogP contribution in [0.2, 0.25) is 0 Å². The highest BCUT2D eigenvalue weighted by atomic mass is 35.5. The summed E-state index contributed by atoms with van der Waals surface area (Å²) in [5.74, 6) is 0.853. The maximum atomic E-state index is 11.9. The molecule has 0 heterocycles. The molecule has 0 radical (unpaired) electrons. The summed E-state index contributed by atoms with van der Waals surface area (Å²) >= 11 is 0. The number of hydrogen-bond donors (Lipinski definition) is 1. The second kappa shape index (κ2) is 8.90. The van der Waals surface area contributed by atoms with Gasteiger partial charge in [0.25, 0.3) is 0 Å². The van der Waals surface area contributed by atoms with Crippen molar-refractivity contribution in [1.29, 1.82) is 0 Å². The molecule has 0 aliphatic heterocycles. The van der Waals surface area contributed by atoms with Crippen molar-refractivity contribution in [2.24, 2.45) is 11.1 Å². The Morgan fingerprint density at radius 1 is 1.24 bits per heavy atom. The zero-order valence-corrected chi connectivity index (χ0v) is 14.2. The molecule has 2 N–H and O–H groups in total. The average Bonchev–Trinajstić information content (AvgIpc) is 2.42. The Morgan fingerprint density at radius 2 is 1.81 bits per heavy atom. The van der Waals surface area contributed by atoms with Gasteiger partial charge in [-0.3, -0.25) is 4.79 Å². The van der Waals surface area contributed by atoms with E-state index in [1.165, 1.54) is 5.56 Å². The highest BCUT2D eigenvalue weighted by molar-refractivity contribution is 5.85. The third-order valence-corrected chi connectivity index (χ3v) is 3.02. The van der Waals surface area contributed by atoms with Gasteiger partial charge in [0.2, 0.25) is 5.91 Å². The number of carbonyl (C=O) groups excluding carboxylic acids is 1. The predicted octanol–water partition coefficient (Wildman–Crippen LogP) is 2.49. The van der Waals surface area contributed by atoms with E-state index in [2.05, 4.69) is 20.8 Å². The first-order valence-electron chi connectivity index (χ1n) is 6.96. The maximum absolute atomic E-state index is 11.9. The molecule has 1 amide bonds. The van der Waals surface area contributed by atoms with Crippen LogP contribution >= 0.6 is 12.4 Å². The summed E-state index contributed by atoms with van der Waals surface area (Å²) in [6.45, 7) is 7.85. The summed E-state index contributed by atoms with van der Waals surface area (Å²) in [7, 11) is 1.65. The minimum absolute atomic E-state index is 0. The van der Waals surface area contributed by atoms with Crippen molar-refractivity contribution < 1.29 is 9.53 Å². The van der Waals surface area contributed by atoms with E-state index in [-0.39, 0.29) is 30.3 Å². The van der Waals surface area contributed by atoms with Gasteiger partial charge in [0.15, 0.2) is 0 Å². The van der Waals surface area contributed by atoms with Crippen molar-refractivity contribution in [2.45, 2.75) is 27.2 Å². The zero-order chi connectivity index (χ0) is 15.2. The first-order valence-corrected chi connectivity index (χ1v) is 6.96. The van der Waals surface area contributed by atoms with Crippen LogP contribution in [0.5, 0.6) is 5.75 Å². The Bertz CT molecular complexity index is 427. The molecule has 0 bridgehead atoms. The van der Waals surface area contributed by atoms with Crippen LogP contribution in [0.15, 0.2) is 24.3 Å². The van der Waals surface area contributed by atoms with E-state index < -0.39 is 0 Å². The van der Waals surface area contributed by atoms with Crippen LogP contribution in [0.25, 0.3) is 0 Å². The van der Waals surface area contributed by atoms with Crippen LogP contribution < -0.4 is 10.5 Å². The highest BCUT2D eigenvalue weighted by Gasteiger charge is 2.19. The molecule has 0 aromatic heterocycles. The lowest BCUT2D eigenvalue weighted by Crippen LogP contribution is -2.42. The number of nitrogens with zero attached hydrogens (tertiary/aromatic N) is 1. The second-order valence-electron chi connectivity index (χ2n) is 6.18. The topological polar surface area (TPSA) is 55.6 Å². The van der Waals surface area contributed by atoms with Crippen LogP contribution in [0.4, 0.5) is 0 Å². The molecule has 0 saturated carbocycles. The van der Waals surface area contributed by atoms with Crippen molar-refractivity contribution in [3.63, 3.8) is 0 Å². The van der Waals surface area contributed by atoms with E-state index in [9.17, 15) is 4.79 Å². The van der Waals surface area contributed by atoms with Crippen molar-refractivity contribution in [3.8, 4) is 5.75 Å². The van der Waals surface area contributed by atoms with Crippen LogP contribution in [0.1, 0.15) is 26.3 Å². The number of benzene rings is 1. The lowest BCUT2D eigenvalue weighted by atomic mass is 9.95. The van der Waals surface area contributed by atoms with E-state index in [1.807, 2.05) is 29.2 Å². The van der Waals surface area contributed by atoms with Crippen LogP contribution in [-0.2, 0) is 11.2 Å². The summed E-state index contributed by atoms with van der Waals surface area (Å²) < 4.78 is 5.14. The fourth-order valence-electron chi connectivity index (χ4n) is 2.05. The summed E-state index contributed by atoms with van der Waals surface area (Å²) in [4.78, 5) is 13.7. The lowest BCUT2D eigenvalue weighted by Gasteiger charge is -2.30. The molecule has 4 nitrogen and oxygen atoms in total. The molecule has 1 rings (SSSR count). The minimum atomic E-state index is 0. The number of nitrogens with two attached hydrogens (primary N) is 1. The summed E-state index contributed by atoms with van der Waals surface area (Å²) in [6.07, 6.45) is 0.825. The van der Waals surface area contributed by atoms with E-state index >= 15 is 0 Å². The molecule has 0 fully saturated rings. The Hall–Kier alpha value is -1.26. The monoisotopic (exact) mass is 314 g/mol. The molecule has 0 unspecified atom stereocenters. The second-order valence-corrected chi connectivity index (χ2v) is 6.18. The average molecular weight is 315 g/mol. The lowest BCUT2D eigenvalue weighted by molar-refractivity contribution is -0.130. The number of carbonyl (C=O) groups is 1. The fourth-order valence-corrected chi connectivity index (χ4v) is 2.05. The quantitative estimate of drug-likeness (QED) is 0.877. The van der Waals surface area contributed by atoms with Gasteiger partial charge in [-0.1, -0.05) is 32.9 Å². The molecule has 1 aromatic rings. The molecule has 5 heteroatoms. The van der Waals surface area contributed by atoms with Crippen LogP contribution in [-0.4, -0.2) is 37.6 Å². The SMILES string of the molecule is COc1ccc(CCN(CC(C)(C)C)C(=O)CN)cc1.Cl. The zero-order valence-electron chi connectivity index (χ0n) is 13.4. The van der Waals surface area contributed by atoms with E-state index in [1.54, 1.807) is 7.11 Å². The molecule has 21 heavy (non-hydrogen) atoms. The maximum Gasteiger partial charge on any atom is 0.236 e. The van der Waals surface area contributed by atoms with Crippen molar-refractivity contribution in [3.05, 3.63) is 29.8 Å². The number of ether oxygens (including phenoxy) is 1. The number of halogens is 1. The van der Waals surface area contributed by atoms with Crippen molar-refractivity contribution in [1.82, 2.24) is 4.90 Å². The summed E-state index contributed by atoms with van der Waals surface area (Å²) in [6, 6.07) is 7.93. The van der Waals surface area contributed by atoms with Gasteiger partial charge in [-0.25, -0.2) is 0 Å². The number of hydrogen-bond acceptors (Lipinski definition) is 3. The van der Waals surface area contributed by atoms with E-state index in [0.29, 0.717) is 6.54 Å². The molecular formula is C16H27ClN2O2. The Labute approximate surface area is 134 Å². The smallest absolute Gasteiger partial charge is 0.236 e. The number of methoxy groups -OCH3 is 1. The summed E-state index contributed by atoms with van der Waals surface area (Å²) in [5, 5.41) is 0. The molecule has 0 saturated heterocycles. The van der Waals surface area contributed by atoms with Crippen LogP contribution in [0.3, 0.4) is 0 Å². The van der Waals surface area contributed by atoms with Gasteiger partial charge in [0.1, 0.15) is 5.75 Å². The van der Waals surface area contributed by atoms with Gasteiger partial charge in [0.05, 0.1) is 13.7 Å². The summed E-state index contributed by atoms with van der Waals surface area (Å²) in [5.41, 5.74) is 6.75. The van der Waals surface area contributed by atoms with Gasteiger partial charge in [-0.2, -0.15) is 0 Å². The largest absolute Gasteiger partial charge is 0.497 e. The van der Waals surface area contributed by atoms with Crippen LogP contribution in [0, 0.1) is 5.41 Å². The Kier molecular flexibility index (Phi) is 8.37. The molecule has 1 aromatic carbocycles. The number of amides is 1. The third-order valence-electron chi connectivity index (χ3n) is 3.02. The first kappa shape index (κ1) is 19.7. The number of rotatable bonds is 6. The molecule has 0 atom stereocenters. The molecular weight excluding hydrogens is 288 g/mol. The van der Waals surface area contributed by atoms with Gasteiger partial charge in [0, 0.05) is 13.1 Å². The van der Waals surface area contributed by atoms with Crippen molar-refractivity contribution in [2.75, 3.05) is 26.7 Å². The first-order chi connectivity index (χ1) is 9.35. The van der Waals surface area contributed by atoms with Gasteiger partial charge >= 0.3 is 0 Å². The van der Waals surface area contributed by atoms with Gasteiger partial charge in [-0.05, 0) is 29.5 Å². The van der Waals surface area contributed by atoms with Gasteiger partial charge in [-0.15, -0.1) is 12.4 Å². The molecule has 0 aliphatic carbocycles. The molecule has 0 spiro atoms. The van der Waals surface area contributed by atoms with E-state index in [4.69, 9.17) is 10.5 Å². The standard InChI is InChI=1S/C16H26N2O2.ClH/c1-16(2,3)12-18(15(19)11-17)10-9-13-5-7-14(20-4)8-6-13;/h5-8H,9-12,17H2,1-4H3;1H. The fraction of sp³-hybridized carbons (Fsp3) is 0.562. The normalized spacial score (nSPS) is 10.7. The van der Waals surface area contributed by atoms with E-state index in [0.717, 1.165) is 18.7 Å². The Morgan fingerprint density at radius 3 is 2.24 bits per heavy atom. The predicted molar refractivity (Wildman–Crippen MR) is 89.0 cm³/mol. The van der Waals surface area contributed by atoms with Gasteiger partial charge < -0.3 is 15.4 Å². The Balaban J connectivity index is 0.00000400. The molecule has 120 valence electrons. The highest BCUT2D eigenvalue weighted by Crippen LogP contribution is 2.16. The molecule has 0 aliphatic rings. The van der Waals surface area contributed by atoms with Crippen molar-refractivity contribution >= 4 is 18.3 Å².